The second-order valence-corrected chi connectivity index (χ2v) is 10.0. The molecule has 2 aliphatic heterocycles. The van der Waals surface area contributed by atoms with Crippen LogP contribution in [0.4, 0.5) is 5.69 Å². The van der Waals surface area contributed by atoms with Gasteiger partial charge < -0.3 is 15.5 Å². The molecule has 0 aromatic heterocycles. The van der Waals surface area contributed by atoms with E-state index in [1.54, 1.807) is 18.2 Å². The van der Waals surface area contributed by atoms with Crippen molar-refractivity contribution in [2.24, 2.45) is 10.2 Å². The first-order valence-corrected chi connectivity index (χ1v) is 12.5. The fraction of sp³-hybridized carbons (Fsp3) is 0.0385. The van der Waals surface area contributed by atoms with E-state index in [-0.39, 0.29) is 22.2 Å². The van der Waals surface area contributed by atoms with Crippen molar-refractivity contribution >= 4 is 68.1 Å². The molecule has 2 saturated heterocycles. The molecule has 184 valence electrons. The minimum absolute atomic E-state index is 0.00112. The summed E-state index contributed by atoms with van der Waals surface area (Å²) in [5.41, 5.74) is 0.476. The summed E-state index contributed by atoms with van der Waals surface area (Å²) in [5.74, 6) is -3.83. The zero-order chi connectivity index (χ0) is 26.2. The number of aliphatic hydroxyl groups is 1. The number of aliphatic hydroxyl groups excluding tert-OH is 1. The summed E-state index contributed by atoms with van der Waals surface area (Å²) in [5, 5.41) is 32.4. The van der Waals surface area contributed by atoms with Gasteiger partial charge in [-0.05, 0) is 41.6 Å². The van der Waals surface area contributed by atoms with Gasteiger partial charge in [-0.25, -0.2) is 0 Å². The van der Waals surface area contributed by atoms with Crippen molar-refractivity contribution in [3.8, 4) is 5.75 Å². The number of nitrogens with one attached hydrogen (secondary N) is 1. The van der Waals surface area contributed by atoms with Gasteiger partial charge in [-0.15, -0.1) is 5.10 Å². The number of halogens is 1. The maximum absolute atomic E-state index is 13.6. The van der Waals surface area contributed by atoms with Crippen LogP contribution in [-0.4, -0.2) is 44.1 Å². The Morgan fingerprint density at radius 1 is 0.973 bits per heavy atom. The minimum atomic E-state index is -2.08. The van der Waals surface area contributed by atoms with Crippen molar-refractivity contribution in [2.45, 2.75) is 4.87 Å². The molecule has 3 aromatic carbocycles. The van der Waals surface area contributed by atoms with Gasteiger partial charge in [0.15, 0.2) is 5.17 Å². The van der Waals surface area contributed by atoms with Crippen molar-refractivity contribution < 1.29 is 24.6 Å². The summed E-state index contributed by atoms with van der Waals surface area (Å²) >= 11 is 4.05. The lowest BCUT2D eigenvalue weighted by molar-refractivity contribution is -0.132. The number of benzene rings is 3. The third-order valence-electron chi connectivity index (χ3n) is 5.68. The average Bonchev–Trinajstić information content (AvgIpc) is 3.32. The van der Waals surface area contributed by atoms with Gasteiger partial charge in [-0.3, -0.25) is 19.3 Å². The molecular formula is C26H17BrN4O5S. The number of ketones is 1. The molecule has 2 heterocycles. The van der Waals surface area contributed by atoms with Gasteiger partial charge in [-0.1, -0.05) is 70.5 Å². The standard InChI is InChI=1S/C26H17BrN4O5S/c27-17-12-10-16(11-13-17)21(33)20-22(34)23(35)31(18-8-4-5-9-19(18)32)26(20)24(36)29-25(37-26)30-28-14-15-6-2-1-3-7-15/h1-14,32-33H,(H,29,30,36)/b21-20-,28-14?. The van der Waals surface area contributed by atoms with E-state index in [0.29, 0.717) is 0 Å². The largest absolute Gasteiger partial charge is 0.507 e. The summed E-state index contributed by atoms with van der Waals surface area (Å²) in [6.45, 7) is 0. The van der Waals surface area contributed by atoms with Crippen molar-refractivity contribution in [1.29, 1.82) is 0 Å². The van der Waals surface area contributed by atoms with E-state index < -0.39 is 33.8 Å². The number of phenols is 1. The van der Waals surface area contributed by atoms with Crippen molar-refractivity contribution in [2.75, 3.05) is 4.90 Å². The Morgan fingerprint density at radius 3 is 2.35 bits per heavy atom. The Kier molecular flexibility index (Phi) is 6.40. The summed E-state index contributed by atoms with van der Waals surface area (Å²) in [6.07, 6.45) is 1.48. The van der Waals surface area contributed by atoms with Crippen LogP contribution in [0, 0.1) is 0 Å². The van der Waals surface area contributed by atoms with Gasteiger partial charge in [0.1, 0.15) is 11.5 Å². The number of amidine groups is 1. The van der Waals surface area contributed by atoms with Gasteiger partial charge in [0.2, 0.25) is 4.87 Å². The van der Waals surface area contributed by atoms with Crippen molar-refractivity contribution in [1.82, 2.24) is 5.32 Å². The predicted molar refractivity (Wildman–Crippen MR) is 144 cm³/mol. The van der Waals surface area contributed by atoms with Crippen LogP contribution in [0.25, 0.3) is 5.76 Å². The Bertz CT molecular complexity index is 1520. The van der Waals surface area contributed by atoms with E-state index in [1.807, 2.05) is 30.3 Å². The van der Waals surface area contributed by atoms with Crippen molar-refractivity contribution in [3.05, 3.63) is 100 Å². The van der Waals surface area contributed by atoms with Crippen LogP contribution in [0.3, 0.4) is 0 Å². The molecule has 0 saturated carbocycles. The van der Waals surface area contributed by atoms with Crippen LogP contribution in [0.1, 0.15) is 11.1 Å². The maximum Gasteiger partial charge on any atom is 0.301 e. The number of rotatable bonds is 4. The highest BCUT2D eigenvalue weighted by atomic mass is 79.9. The van der Waals surface area contributed by atoms with Gasteiger partial charge in [0, 0.05) is 10.0 Å². The third-order valence-corrected chi connectivity index (χ3v) is 7.46. The molecule has 1 unspecified atom stereocenters. The molecule has 2 aliphatic rings. The quantitative estimate of drug-likeness (QED) is 0.141. The number of Topliss-reactive ketones (excluding diaryl/α,β-unsaturated/α-hetero) is 1. The van der Waals surface area contributed by atoms with Crippen LogP contribution < -0.4 is 10.2 Å². The van der Waals surface area contributed by atoms with Crippen LogP contribution in [-0.2, 0) is 14.4 Å². The number of hydrogen-bond acceptors (Lipinski definition) is 8. The third kappa shape index (κ3) is 4.21. The van der Waals surface area contributed by atoms with Crippen LogP contribution in [0.15, 0.2) is 99.1 Å². The zero-order valence-electron chi connectivity index (χ0n) is 18.8. The molecule has 5 rings (SSSR count). The highest BCUT2D eigenvalue weighted by molar-refractivity contribution is 9.10. The predicted octanol–water partition coefficient (Wildman–Crippen LogP) is 3.99. The molecule has 2 fully saturated rings. The zero-order valence-corrected chi connectivity index (χ0v) is 21.2. The molecule has 0 radical (unpaired) electrons. The number of amides is 2. The number of thioether (sulfide) groups is 1. The van der Waals surface area contributed by atoms with E-state index in [9.17, 15) is 24.6 Å². The normalized spacial score (nSPS) is 21.9. The summed E-state index contributed by atoms with van der Waals surface area (Å²) in [6, 6.07) is 21.3. The fourth-order valence-corrected chi connectivity index (χ4v) is 5.49. The molecule has 3 aromatic rings. The van der Waals surface area contributed by atoms with Gasteiger partial charge in [-0.2, -0.15) is 5.10 Å². The lowest BCUT2D eigenvalue weighted by atomic mass is 9.99. The van der Waals surface area contributed by atoms with Crippen LogP contribution in [0.2, 0.25) is 0 Å². The first-order chi connectivity index (χ1) is 17.8. The monoisotopic (exact) mass is 576 g/mol. The molecule has 9 nitrogen and oxygen atoms in total. The molecule has 37 heavy (non-hydrogen) atoms. The number of carbonyl (C=O) groups is 3. The summed E-state index contributed by atoms with van der Waals surface area (Å²) in [7, 11) is 0. The van der Waals surface area contributed by atoms with Crippen molar-refractivity contribution in [3.63, 3.8) is 0 Å². The highest BCUT2D eigenvalue weighted by Gasteiger charge is 2.66. The summed E-state index contributed by atoms with van der Waals surface area (Å²) in [4.78, 5) is 39.0. The Balaban J connectivity index is 1.67. The van der Waals surface area contributed by atoms with E-state index >= 15 is 0 Å². The van der Waals surface area contributed by atoms with Gasteiger partial charge in [0.25, 0.3) is 11.7 Å². The first-order valence-electron chi connectivity index (χ1n) is 10.9. The van der Waals surface area contributed by atoms with E-state index in [4.69, 9.17) is 0 Å². The molecule has 1 atom stereocenters. The lowest BCUT2D eigenvalue weighted by Crippen LogP contribution is -2.50. The number of anilines is 1. The number of carbonyl (C=O) groups excluding carboxylic acids is 3. The fourth-order valence-electron chi connectivity index (χ4n) is 4.01. The second-order valence-electron chi connectivity index (χ2n) is 7.95. The molecule has 3 N–H and O–H groups in total. The lowest BCUT2D eigenvalue weighted by Gasteiger charge is -2.31. The topological polar surface area (TPSA) is 132 Å². The second kappa shape index (κ2) is 9.68. The Morgan fingerprint density at radius 2 is 1.65 bits per heavy atom. The minimum Gasteiger partial charge on any atom is -0.507 e. The SMILES string of the molecule is O=C1C(=O)N(c2ccccc2O)C2(SC(=NN=Cc3ccccc3)NC2=O)/C1=C(\O)c1ccc(Br)cc1. The molecule has 11 heteroatoms. The molecule has 0 bridgehead atoms. The van der Waals surface area contributed by atoms with E-state index in [1.165, 1.54) is 36.5 Å². The average molecular weight is 577 g/mol. The van der Waals surface area contributed by atoms with E-state index in [2.05, 4.69) is 31.4 Å². The van der Waals surface area contributed by atoms with Gasteiger partial charge in [0.05, 0.1) is 17.5 Å². The molecule has 0 aliphatic carbocycles. The first kappa shape index (κ1) is 24.5. The number of para-hydroxylation sites is 2. The summed E-state index contributed by atoms with van der Waals surface area (Å²) < 4.78 is 0.729. The smallest absolute Gasteiger partial charge is 0.301 e. The number of nitrogens with zero attached hydrogens (tertiary/aromatic N) is 3. The van der Waals surface area contributed by atoms with E-state index in [0.717, 1.165) is 26.7 Å². The van der Waals surface area contributed by atoms with Crippen LogP contribution in [0.5, 0.6) is 5.75 Å². The number of hydrogen-bond donors (Lipinski definition) is 3. The van der Waals surface area contributed by atoms with Crippen LogP contribution >= 0.6 is 27.7 Å². The maximum atomic E-state index is 13.6. The molecule has 1 spiro atoms. The number of aromatic hydroxyl groups is 1. The molecular weight excluding hydrogens is 560 g/mol. The molecule has 2 amide bonds. The Hall–Kier alpha value is -4.22. The highest BCUT2D eigenvalue weighted by Crippen LogP contribution is 2.51. The van der Waals surface area contributed by atoms with Gasteiger partial charge >= 0.3 is 5.91 Å². The number of phenolic OH excluding ortho intramolecular Hbond substituents is 1. The Labute approximate surface area is 223 Å².